The number of nitrogens with zero attached hydrogens (tertiary/aromatic N) is 2. The summed E-state index contributed by atoms with van der Waals surface area (Å²) in [5, 5.41) is 0. The Hall–Kier alpha value is -1.72. The first-order chi connectivity index (χ1) is 10.9. The molecule has 3 rings (SSSR count). The fourth-order valence-corrected chi connectivity index (χ4v) is 3.48. The lowest BCUT2D eigenvalue weighted by molar-refractivity contribution is -0.0766. The highest BCUT2D eigenvalue weighted by Crippen LogP contribution is 2.55. The van der Waals surface area contributed by atoms with Crippen molar-refractivity contribution in [2.45, 2.75) is 25.2 Å². The van der Waals surface area contributed by atoms with Crippen LogP contribution in [0.4, 0.5) is 20.2 Å². The summed E-state index contributed by atoms with van der Waals surface area (Å²) in [7, 11) is 0. The molecule has 1 aromatic carbocycles. The molecule has 1 aliphatic heterocycles. The van der Waals surface area contributed by atoms with Gasteiger partial charge in [-0.05, 0) is 30.2 Å². The maximum absolute atomic E-state index is 14.9. The van der Waals surface area contributed by atoms with E-state index in [-0.39, 0.29) is 6.61 Å². The second kappa shape index (κ2) is 5.73. The van der Waals surface area contributed by atoms with Crippen LogP contribution in [0.5, 0.6) is 0 Å². The molecule has 0 saturated carbocycles. The quantitative estimate of drug-likeness (QED) is 0.758. The molecule has 3 nitrogen and oxygen atoms in total. The largest absolute Gasteiger partial charge is 0.380 e. The fraction of sp³-hybridized carbons (Fsp3) is 0.353. The zero-order valence-corrected chi connectivity index (χ0v) is 13.6. The Labute approximate surface area is 139 Å². The molecule has 23 heavy (non-hydrogen) atoms. The number of ether oxygens (including phenoxy) is 1. The molecule has 0 bridgehead atoms. The lowest BCUT2D eigenvalue weighted by Crippen LogP contribution is -2.51. The molecule has 6 heteroatoms. The molecule has 0 saturated heterocycles. The first-order valence-corrected chi connectivity index (χ1v) is 7.72. The third-order valence-corrected chi connectivity index (χ3v) is 4.68. The number of hydrogen-bond acceptors (Lipinski definition) is 3. The molecular weight excluding hydrogens is 322 g/mol. The van der Waals surface area contributed by atoms with E-state index in [9.17, 15) is 8.78 Å². The summed E-state index contributed by atoms with van der Waals surface area (Å²) in [4.78, 5) is 4.04. The molecule has 1 unspecified atom stereocenters. The summed E-state index contributed by atoms with van der Waals surface area (Å²) in [5.74, 6) is -3.05. The van der Waals surface area contributed by atoms with Gasteiger partial charge in [0, 0.05) is 31.5 Å². The number of hydrogen-bond donors (Lipinski definition) is 0. The first-order valence-electron chi connectivity index (χ1n) is 7.39. The summed E-state index contributed by atoms with van der Waals surface area (Å²) in [5.41, 5.74) is 0.241. The SMILES string of the molecule is CCOCC1(C(C)(F)F)c2ccccc2N(Cl)c2cnccc21. The van der Waals surface area contributed by atoms with E-state index in [0.29, 0.717) is 29.1 Å². The normalized spacial score (nSPS) is 20.1. The number of alkyl halides is 2. The molecule has 0 aliphatic carbocycles. The summed E-state index contributed by atoms with van der Waals surface area (Å²) in [6.45, 7) is 2.94. The maximum Gasteiger partial charge on any atom is 0.261 e. The zero-order valence-electron chi connectivity index (χ0n) is 12.9. The Morgan fingerprint density at radius 1 is 1.22 bits per heavy atom. The molecule has 0 fully saturated rings. The molecule has 0 amide bonds. The van der Waals surface area contributed by atoms with Crippen LogP contribution < -0.4 is 4.42 Å². The number of rotatable bonds is 4. The van der Waals surface area contributed by atoms with Crippen LogP contribution in [0.2, 0.25) is 0 Å². The van der Waals surface area contributed by atoms with Crippen LogP contribution in [0.1, 0.15) is 25.0 Å². The van der Waals surface area contributed by atoms with Crippen molar-refractivity contribution in [1.29, 1.82) is 0 Å². The molecule has 122 valence electrons. The molecule has 0 N–H and O–H groups in total. The second-order valence-electron chi connectivity index (χ2n) is 5.62. The molecule has 2 aromatic rings. The molecule has 0 radical (unpaired) electrons. The number of anilines is 2. The lowest BCUT2D eigenvalue weighted by Gasteiger charge is -2.45. The molecule has 0 spiro atoms. The first kappa shape index (κ1) is 16.1. The van der Waals surface area contributed by atoms with E-state index < -0.39 is 11.3 Å². The molecule has 1 aliphatic rings. The van der Waals surface area contributed by atoms with Gasteiger partial charge < -0.3 is 4.74 Å². The van der Waals surface area contributed by atoms with Crippen LogP contribution in [0.25, 0.3) is 0 Å². The van der Waals surface area contributed by atoms with Gasteiger partial charge in [0.15, 0.2) is 0 Å². The van der Waals surface area contributed by atoms with Crippen molar-refractivity contribution in [3.63, 3.8) is 0 Å². The van der Waals surface area contributed by atoms with Crippen molar-refractivity contribution < 1.29 is 13.5 Å². The van der Waals surface area contributed by atoms with Crippen molar-refractivity contribution in [2.24, 2.45) is 0 Å². The van der Waals surface area contributed by atoms with E-state index in [2.05, 4.69) is 4.98 Å². The third-order valence-electron chi connectivity index (χ3n) is 4.32. The minimum Gasteiger partial charge on any atom is -0.380 e. The van der Waals surface area contributed by atoms with E-state index in [1.807, 2.05) is 0 Å². The van der Waals surface area contributed by atoms with E-state index in [4.69, 9.17) is 16.5 Å². The van der Waals surface area contributed by atoms with Gasteiger partial charge in [-0.25, -0.2) is 8.78 Å². The monoisotopic (exact) mass is 338 g/mol. The predicted octanol–water partition coefficient (Wildman–Crippen LogP) is 4.66. The summed E-state index contributed by atoms with van der Waals surface area (Å²) >= 11 is 6.40. The van der Waals surface area contributed by atoms with Crippen molar-refractivity contribution >= 4 is 23.2 Å². The second-order valence-corrected chi connectivity index (χ2v) is 5.96. The van der Waals surface area contributed by atoms with Crippen LogP contribution >= 0.6 is 11.8 Å². The van der Waals surface area contributed by atoms with Crippen molar-refractivity contribution in [3.05, 3.63) is 53.9 Å². The fourth-order valence-electron chi connectivity index (χ4n) is 3.19. The Morgan fingerprint density at radius 3 is 2.61 bits per heavy atom. The van der Waals surface area contributed by atoms with Crippen LogP contribution in [0.15, 0.2) is 42.7 Å². The summed E-state index contributed by atoms with van der Waals surface area (Å²) < 4.78 is 36.7. The number of para-hydroxylation sites is 1. The molecule has 1 aromatic heterocycles. The minimum atomic E-state index is -3.05. The van der Waals surface area contributed by atoms with E-state index in [0.717, 1.165) is 6.92 Å². The zero-order chi connectivity index (χ0) is 16.7. The minimum absolute atomic E-state index is 0.133. The van der Waals surface area contributed by atoms with Gasteiger partial charge >= 0.3 is 0 Å². The number of halogens is 3. The maximum atomic E-state index is 14.9. The van der Waals surface area contributed by atoms with Crippen LogP contribution in [0.3, 0.4) is 0 Å². The number of benzene rings is 1. The topological polar surface area (TPSA) is 25.4 Å². The highest BCUT2D eigenvalue weighted by atomic mass is 35.5. The molecule has 1 atom stereocenters. The standard InChI is InChI=1S/C17H17ClF2N2O/c1-3-23-11-17(16(2,19)20)12-6-4-5-7-14(12)22(18)15-10-21-9-8-13(15)17/h4-10H,3,11H2,1-2H3. The van der Waals surface area contributed by atoms with E-state index in [1.54, 1.807) is 37.3 Å². The Bertz CT molecular complexity index is 670. The average Bonchev–Trinajstić information content (AvgIpc) is 2.54. The van der Waals surface area contributed by atoms with E-state index >= 15 is 0 Å². The Morgan fingerprint density at radius 2 is 1.91 bits per heavy atom. The molecular formula is C17H17ClF2N2O. The van der Waals surface area contributed by atoms with E-state index in [1.165, 1.54) is 16.8 Å². The number of pyridine rings is 1. The summed E-state index contributed by atoms with van der Waals surface area (Å²) in [6.07, 6.45) is 3.01. The Balaban J connectivity index is 2.36. The lowest BCUT2D eigenvalue weighted by atomic mass is 9.68. The molecule has 2 heterocycles. The average molecular weight is 339 g/mol. The van der Waals surface area contributed by atoms with Gasteiger partial charge in [0.1, 0.15) is 5.41 Å². The third kappa shape index (κ3) is 2.30. The van der Waals surface area contributed by atoms with Crippen LogP contribution in [-0.2, 0) is 10.2 Å². The van der Waals surface area contributed by atoms with Gasteiger partial charge in [0.05, 0.1) is 24.2 Å². The van der Waals surface area contributed by atoms with Crippen molar-refractivity contribution in [3.8, 4) is 0 Å². The van der Waals surface area contributed by atoms with Crippen molar-refractivity contribution in [2.75, 3.05) is 17.6 Å². The Kier molecular flexibility index (Phi) is 4.02. The smallest absolute Gasteiger partial charge is 0.261 e. The van der Waals surface area contributed by atoms with Crippen molar-refractivity contribution in [1.82, 2.24) is 4.98 Å². The highest BCUT2D eigenvalue weighted by molar-refractivity contribution is 6.30. The summed E-state index contributed by atoms with van der Waals surface area (Å²) in [6, 6.07) is 8.52. The number of fused-ring (bicyclic) bond motifs is 2. The predicted molar refractivity (Wildman–Crippen MR) is 86.6 cm³/mol. The van der Waals surface area contributed by atoms with Gasteiger partial charge in [-0.1, -0.05) is 18.2 Å². The van der Waals surface area contributed by atoms with Gasteiger partial charge in [0.25, 0.3) is 5.92 Å². The highest BCUT2D eigenvalue weighted by Gasteiger charge is 2.57. The van der Waals surface area contributed by atoms with Gasteiger partial charge in [-0.15, -0.1) is 0 Å². The van der Waals surface area contributed by atoms with Gasteiger partial charge in [-0.2, -0.15) is 0 Å². The van der Waals surface area contributed by atoms with Gasteiger partial charge in [-0.3, -0.25) is 9.40 Å². The van der Waals surface area contributed by atoms with Crippen LogP contribution in [0, 0.1) is 0 Å². The number of aromatic nitrogens is 1. The van der Waals surface area contributed by atoms with Gasteiger partial charge in [0.2, 0.25) is 0 Å². The van der Waals surface area contributed by atoms with Crippen LogP contribution in [-0.4, -0.2) is 24.1 Å².